The molecule has 10 heteroatoms. The van der Waals surface area contributed by atoms with Crippen molar-refractivity contribution < 1.29 is 9.36 Å². The topological polar surface area (TPSA) is 83.3 Å². The molecular weight excluding hydrogens is 420 g/mol. The van der Waals surface area contributed by atoms with Gasteiger partial charge in [-0.3, -0.25) is 0 Å². The fourth-order valence-electron chi connectivity index (χ4n) is 2.96. The lowest BCUT2D eigenvalue weighted by molar-refractivity contribution is -0.766. The number of nitrogens with zero attached hydrogens (tertiary/aromatic N) is 4. The number of aromatic nitrogens is 6. The monoisotopic (exact) mass is 442 g/mol. The summed E-state index contributed by atoms with van der Waals surface area (Å²) in [5.74, 6) is 0. The van der Waals surface area contributed by atoms with E-state index in [1.54, 1.807) is 23.5 Å². The second kappa shape index (κ2) is 8.04. The Morgan fingerprint density at radius 2 is 1.00 bits per heavy atom. The largest absolute Gasteiger partial charge is 0.413 e. The Morgan fingerprint density at radius 1 is 0.667 bits per heavy atom. The third kappa shape index (κ3) is 3.75. The number of rotatable bonds is 5. The first-order chi connectivity index (χ1) is 14.3. The average Bonchev–Trinajstić information content (AvgIpc) is 3.17. The van der Waals surface area contributed by atoms with Gasteiger partial charge in [-0.2, -0.15) is 9.36 Å². The smallest absolute Gasteiger partial charge is 0.233 e. The van der Waals surface area contributed by atoms with Crippen molar-refractivity contribution in [2.75, 3.05) is 0 Å². The molecule has 2 aromatic carbocycles. The third-order valence-electron chi connectivity index (χ3n) is 4.67. The first kappa shape index (κ1) is 20.3. The van der Waals surface area contributed by atoms with E-state index in [9.17, 15) is 9.59 Å². The summed E-state index contributed by atoms with van der Waals surface area (Å²) in [7, 11) is 6.04. The van der Waals surface area contributed by atoms with Crippen LogP contribution in [0.4, 0.5) is 0 Å². The predicted octanol–water partition coefficient (Wildman–Crippen LogP) is 1.71. The van der Waals surface area contributed by atoms with Gasteiger partial charge in [-0.15, -0.1) is 0 Å². The minimum absolute atomic E-state index is 0.170. The van der Waals surface area contributed by atoms with E-state index in [1.165, 1.54) is 31.0 Å². The molecular formula is C20H22N6O2S2+2. The van der Waals surface area contributed by atoms with E-state index in [0.29, 0.717) is 10.1 Å². The highest BCUT2D eigenvalue weighted by molar-refractivity contribution is 8.76. The molecule has 0 amide bonds. The molecule has 0 saturated heterocycles. The van der Waals surface area contributed by atoms with Gasteiger partial charge in [0.25, 0.3) is 10.1 Å². The van der Waals surface area contributed by atoms with Gasteiger partial charge in [0, 0.05) is 21.6 Å². The Labute approximate surface area is 180 Å². The Hall–Kier alpha value is -2.98. The maximum atomic E-state index is 12.9. The van der Waals surface area contributed by atoms with Gasteiger partial charge in [0.2, 0.25) is 0 Å². The van der Waals surface area contributed by atoms with Crippen LogP contribution in [0.3, 0.4) is 0 Å². The number of hydrogen-bond acceptors (Lipinski definition) is 4. The summed E-state index contributed by atoms with van der Waals surface area (Å²) in [6, 6.07) is 15.4. The second-order valence-electron chi connectivity index (χ2n) is 7.05. The van der Waals surface area contributed by atoms with Gasteiger partial charge in [-0.25, -0.2) is 9.59 Å². The van der Waals surface area contributed by atoms with E-state index in [1.807, 2.05) is 62.4 Å². The summed E-state index contributed by atoms with van der Waals surface area (Å²) >= 11 is 0. The molecule has 0 aliphatic rings. The summed E-state index contributed by atoms with van der Waals surface area (Å²) in [6.07, 6.45) is 0. The van der Waals surface area contributed by atoms with E-state index in [4.69, 9.17) is 0 Å². The third-order valence-corrected chi connectivity index (χ3v) is 7.16. The molecule has 0 bridgehead atoms. The molecule has 0 aliphatic carbocycles. The fraction of sp³-hybridized carbons (Fsp3) is 0.200. The SMILES string of the molecule is Cc1ccc(-n2[nH][n+](C)c(SSc3c(=O)n(-c4ccc(C)cc4)[nH][n+]3C)c2=O)cc1. The van der Waals surface area contributed by atoms with Gasteiger partial charge in [-0.1, -0.05) is 55.2 Å². The molecule has 2 heterocycles. The van der Waals surface area contributed by atoms with E-state index in [-0.39, 0.29) is 11.1 Å². The molecule has 0 spiro atoms. The highest BCUT2D eigenvalue weighted by Crippen LogP contribution is 2.30. The van der Waals surface area contributed by atoms with Crippen LogP contribution in [0.1, 0.15) is 11.1 Å². The van der Waals surface area contributed by atoms with Gasteiger partial charge in [0.05, 0.1) is 0 Å². The van der Waals surface area contributed by atoms with Crippen LogP contribution in [0, 0.1) is 13.8 Å². The van der Waals surface area contributed by atoms with E-state index >= 15 is 0 Å². The lowest BCUT2D eigenvalue weighted by Crippen LogP contribution is -2.34. The molecule has 8 nitrogen and oxygen atoms in total. The van der Waals surface area contributed by atoms with Crippen molar-refractivity contribution in [3.8, 4) is 11.4 Å². The van der Waals surface area contributed by atoms with Crippen LogP contribution in [0.25, 0.3) is 11.4 Å². The fourth-order valence-corrected chi connectivity index (χ4v) is 5.32. The molecule has 0 unspecified atom stereocenters. The summed E-state index contributed by atoms with van der Waals surface area (Å²) < 4.78 is 6.30. The summed E-state index contributed by atoms with van der Waals surface area (Å²) in [5, 5.41) is 7.06. The van der Waals surface area contributed by atoms with Crippen molar-refractivity contribution in [3.63, 3.8) is 0 Å². The van der Waals surface area contributed by atoms with Crippen LogP contribution < -0.4 is 20.5 Å². The van der Waals surface area contributed by atoms with Crippen molar-refractivity contribution in [1.82, 2.24) is 19.8 Å². The van der Waals surface area contributed by atoms with Crippen molar-refractivity contribution in [3.05, 3.63) is 80.4 Å². The quantitative estimate of drug-likeness (QED) is 0.364. The van der Waals surface area contributed by atoms with E-state index < -0.39 is 0 Å². The molecule has 154 valence electrons. The Morgan fingerprint density at radius 3 is 1.33 bits per heavy atom. The van der Waals surface area contributed by atoms with Crippen LogP contribution in [0.5, 0.6) is 0 Å². The highest BCUT2D eigenvalue weighted by Gasteiger charge is 2.27. The predicted molar refractivity (Wildman–Crippen MR) is 116 cm³/mol. The van der Waals surface area contributed by atoms with Gasteiger partial charge < -0.3 is 0 Å². The van der Waals surface area contributed by atoms with Crippen molar-refractivity contribution >= 4 is 21.6 Å². The number of benzene rings is 2. The molecule has 2 N–H and O–H groups in total. The Kier molecular flexibility index (Phi) is 5.44. The summed E-state index contributed by atoms with van der Waals surface area (Å²) in [4.78, 5) is 25.8. The molecule has 0 atom stereocenters. The first-order valence-corrected chi connectivity index (χ1v) is 11.4. The molecule has 2 aromatic heterocycles. The molecule has 4 rings (SSSR count). The lowest BCUT2D eigenvalue weighted by Gasteiger charge is -1.94. The standard InChI is InChI=1S/C20H20N6O2S2/c1-13-5-9-15(10-6-13)25-17(27)19(23(3)21-25)29-30-20-18(28)26(22-24(20)4)16-11-7-14(2)8-12-16/h5-12H,1-4H3/p+2. The molecule has 0 aliphatic heterocycles. The lowest BCUT2D eigenvalue weighted by atomic mass is 10.2. The number of aryl methyl sites for hydroxylation is 4. The Balaban J connectivity index is 1.62. The van der Waals surface area contributed by atoms with Crippen LogP contribution in [0.15, 0.2) is 68.2 Å². The second-order valence-corrected chi connectivity index (χ2v) is 9.15. The number of H-pyrrole nitrogens is 2. The van der Waals surface area contributed by atoms with Gasteiger partial charge >= 0.3 is 11.1 Å². The van der Waals surface area contributed by atoms with Crippen molar-refractivity contribution in [2.24, 2.45) is 14.1 Å². The molecule has 0 saturated carbocycles. The number of aromatic amines is 2. The van der Waals surface area contributed by atoms with Crippen LogP contribution in [-0.4, -0.2) is 19.8 Å². The van der Waals surface area contributed by atoms with E-state index in [2.05, 4.69) is 10.4 Å². The Bertz CT molecular complexity index is 1210. The maximum absolute atomic E-state index is 12.9. The van der Waals surface area contributed by atoms with Crippen molar-refractivity contribution in [1.29, 1.82) is 0 Å². The zero-order valence-corrected chi connectivity index (χ0v) is 18.7. The van der Waals surface area contributed by atoms with Crippen LogP contribution >= 0.6 is 21.6 Å². The zero-order chi connectivity index (χ0) is 21.4. The highest BCUT2D eigenvalue weighted by atomic mass is 33.1. The zero-order valence-electron chi connectivity index (χ0n) is 17.0. The first-order valence-electron chi connectivity index (χ1n) is 9.26. The van der Waals surface area contributed by atoms with Gasteiger partial charge in [0.15, 0.2) is 11.4 Å². The van der Waals surface area contributed by atoms with Crippen LogP contribution in [-0.2, 0) is 14.1 Å². The van der Waals surface area contributed by atoms with Crippen LogP contribution in [0.2, 0.25) is 0 Å². The van der Waals surface area contributed by atoms with E-state index in [0.717, 1.165) is 22.5 Å². The maximum Gasteiger partial charge on any atom is 0.413 e. The molecule has 4 aromatic rings. The number of nitrogens with one attached hydrogen (secondary N) is 2. The number of hydrogen-bond donors (Lipinski definition) is 2. The molecule has 0 fully saturated rings. The minimum Gasteiger partial charge on any atom is -0.233 e. The van der Waals surface area contributed by atoms with Crippen molar-refractivity contribution in [2.45, 2.75) is 23.9 Å². The van der Waals surface area contributed by atoms with Gasteiger partial charge in [-0.05, 0) is 38.1 Å². The molecule has 0 radical (unpaired) electrons. The minimum atomic E-state index is -0.170. The van der Waals surface area contributed by atoms with Gasteiger partial charge in [0.1, 0.15) is 14.1 Å². The average molecular weight is 443 g/mol. The summed E-state index contributed by atoms with van der Waals surface area (Å²) in [5.41, 5.74) is 3.42. The summed E-state index contributed by atoms with van der Waals surface area (Å²) in [6.45, 7) is 4.00. The molecule has 30 heavy (non-hydrogen) atoms. The normalized spacial score (nSPS) is 11.2.